The minimum absolute atomic E-state index is 0.622. The van der Waals surface area contributed by atoms with E-state index in [1.807, 2.05) is 0 Å². The summed E-state index contributed by atoms with van der Waals surface area (Å²) in [5, 5.41) is 8.34. The largest absolute Gasteiger partial charge is 0.309 e. The lowest BCUT2D eigenvalue weighted by Crippen LogP contribution is -2.00. The Morgan fingerprint density at radius 2 is 0.810 bits per heavy atom. The molecule has 5 nitrogen and oxygen atoms in total. The Bertz CT molecular complexity index is 3600. The van der Waals surface area contributed by atoms with Gasteiger partial charge in [-0.25, -0.2) is 19.9 Å². The maximum Gasteiger partial charge on any atom is 0.164 e. The van der Waals surface area contributed by atoms with Gasteiger partial charge in [-0.15, -0.1) is 0 Å². The number of pyridine rings is 1. The highest BCUT2D eigenvalue weighted by molar-refractivity contribution is 6.24. The van der Waals surface area contributed by atoms with Gasteiger partial charge in [-0.1, -0.05) is 187 Å². The van der Waals surface area contributed by atoms with Gasteiger partial charge in [0.1, 0.15) is 0 Å². The van der Waals surface area contributed by atoms with Crippen molar-refractivity contribution in [3.05, 3.63) is 211 Å². The van der Waals surface area contributed by atoms with Gasteiger partial charge in [-0.3, -0.25) is 0 Å². The molecule has 0 aliphatic heterocycles. The molecule has 0 fully saturated rings. The first-order valence-corrected chi connectivity index (χ1v) is 21.4. The van der Waals surface area contributed by atoms with Crippen LogP contribution < -0.4 is 0 Å². The fraction of sp³-hybridized carbons (Fsp3) is 0.0345. The summed E-state index contributed by atoms with van der Waals surface area (Å²) in [7, 11) is 0. The van der Waals surface area contributed by atoms with Crippen molar-refractivity contribution in [1.82, 2.24) is 24.5 Å². The highest BCUT2D eigenvalue weighted by atomic mass is 15.0. The minimum Gasteiger partial charge on any atom is -0.309 e. The molecule has 5 heteroatoms. The second-order valence-corrected chi connectivity index (χ2v) is 16.4. The highest BCUT2D eigenvalue weighted by Crippen LogP contribution is 2.41. The Hall–Kier alpha value is -8.28. The fourth-order valence-corrected chi connectivity index (χ4v) is 9.19. The van der Waals surface area contributed by atoms with E-state index >= 15 is 0 Å². The van der Waals surface area contributed by atoms with Crippen LogP contribution in [0, 0.1) is 13.8 Å². The van der Waals surface area contributed by atoms with Gasteiger partial charge in [-0.05, 0) is 54.4 Å². The van der Waals surface area contributed by atoms with Crippen molar-refractivity contribution in [1.29, 1.82) is 0 Å². The van der Waals surface area contributed by atoms with Crippen molar-refractivity contribution in [3.8, 4) is 62.2 Å². The van der Waals surface area contributed by atoms with Gasteiger partial charge in [0.15, 0.2) is 17.5 Å². The van der Waals surface area contributed by atoms with Crippen LogP contribution in [-0.2, 0) is 0 Å². The molecule has 0 unspecified atom stereocenters. The molecule has 0 spiro atoms. The van der Waals surface area contributed by atoms with Crippen molar-refractivity contribution < 1.29 is 0 Å². The molecule has 0 amide bonds. The van der Waals surface area contributed by atoms with Gasteiger partial charge in [0.05, 0.1) is 22.2 Å². The van der Waals surface area contributed by atoms with Crippen molar-refractivity contribution in [3.63, 3.8) is 0 Å². The molecular formula is C58H39N5. The molecule has 0 aliphatic rings. The normalized spacial score (nSPS) is 11.7. The van der Waals surface area contributed by atoms with E-state index < -0.39 is 0 Å². The average molecular weight is 806 g/mol. The monoisotopic (exact) mass is 805 g/mol. The molecule has 3 heterocycles. The van der Waals surface area contributed by atoms with E-state index in [2.05, 4.69) is 219 Å². The maximum atomic E-state index is 5.59. The number of aromatic nitrogens is 5. The van der Waals surface area contributed by atoms with Crippen LogP contribution in [0.25, 0.3) is 116 Å². The molecular weight excluding hydrogens is 767 g/mol. The molecule has 3 aromatic heterocycles. The van der Waals surface area contributed by atoms with Crippen LogP contribution in [0.2, 0.25) is 0 Å². The third-order valence-electron chi connectivity index (χ3n) is 12.4. The summed E-state index contributed by atoms with van der Waals surface area (Å²) < 4.78 is 2.36. The second kappa shape index (κ2) is 14.7. The summed E-state index contributed by atoms with van der Waals surface area (Å²) in [6.07, 6.45) is 0. The van der Waals surface area contributed by atoms with Gasteiger partial charge in [-0.2, -0.15) is 0 Å². The zero-order valence-corrected chi connectivity index (χ0v) is 34.8. The standard InChI is InChI=1S/C58H39N5/c1-36-18-22-41(23-19-36)56-60-57(42-24-20-37(2)21-25-42)62-58(61-56)43-28-26-40(27-29-43)54-50-35-32-38-10-3-4-11-45(38)53(50)49-15-9-14-46(55(49)59-54)39-30-33-44(34-31-39)63-51-16-7-5-12-47(51)48-13-6-8-17-52(48)63/h3-35H,1-2H3. The van der Waals surface area contributed by atoms with E-state index in [0.717, 1.165) is 61.1 Å². The van der Waals surface area contributed by atoms with E-state index in [-0.39, 0.29) is 0 Å². The van der Waals surface area contributed by atoms with Gasteiger partial charge >= 0.3 is 0 Å². The topological polar surface area (TPSA) is 56.5 Å². The number of para-hydroxylation sites is 3. The second-order valence-electron chi connectivity index (χ2n) is 16.4. The molecule has 0 bridgehead atoms. The molecule has 0 aliphatic carbocycles. The summed E-state index contributed by atoms with van der Waals surface area (Å²) in [5.74, 6) is 1.91. The van der Waals surface area contributed by atoms with E-state index in [9.17, 15) is 0 Å². The zero-order chi connectivity index (χ0) is 42.0. The molecule has 0 saturated heterocycles. The Morgan fingerprint density at radius 1 is 0.333 bits per heavy atom. The average Bonchev–Trinajstić information content (AvgIpc) is 3.68. The molecule has 12 aromatic rings. The fourth-order valence-electron chi connectivity index (χ4n) is 9.19. The maximum absolute atomic E-state index is 5.59. The number of rotatable bonds is 6. The van der Waals surface area contributed by atoms with Gasteiger partial charge in [0.2, 0.25) is 0 Å². The van der Waals surface area contributed by atoms with Crippen molar-refractivity contribution in [2.75, 3.05) is 0 Å². The third-order valence-corrected chi connectivity index (χ3v) is 12.4. The number of hydrogen-bond acceptors (Lipinski definition) is 4. The lowest BCUT2D eigenvalue weighted by atomic mass is 9.92. The summed E-state index contributed by atoms with van der Waals surface area (Å²) in [5.41, 5.74) is 13.8. The molecule has 0 atom stereocenters. The van der Waals surface area contributed by atoms with Gasteiger partial charge in [0.25, 0.3) is 0 Å². The number of benzene rings is 9. The third kappa shape index (κ3) is 6.24. The van der Waals surface area contributed by atoms with Gasteiger partial charge < -0.3 is 4.57 Å². The van der Waals surface area contributed by atoms with Crippen LogP contribution in [0.3, 0.4) is 0 Å². The van der Waals surface area contributed by atoms with E-state index in [1.54, 1.807) is 0 Å². The number of aryl methyl sites for hydroxylation is 2. The molecule has 0 N–H and O–H groups in total. The highest BCUT2D eigenvalue weighted by Gasteiger charge is 2.18. The van der Waals surface area contributed by atoms with Crippen LogP contribution >= 0.6 is 0 Å². The summed E-state index contributed by atoms with van der Waals surface area (Å²) in [6.45, 7) is 4.17. The quantitative estimate of drug-likeness (QED) is 0.157. The van der Waals surface area contributed by atoms with Crippen LogP contribution in [0.15, 0.2) is 200 Å². The lowest BCUT2D eigenvalue weighted by molar-refractivity contribution is 1.07. The van der Waals surface area contributed by atoms with Crippen LogP contribution in [-0.4, -0.2) is 24.5 Å². The Labute approximate surface area is 364 Å². The first kappa shape index (κ1) is 36.6. The SMILES string of the molecule is Cc1ccc(-c2nc(-c3ccc(C)cc3)nc(-c3ccc(-c4nc5c(-c6ccc(-n7c8ccccc8c8ccccc87)cc6)cccc5c5c4ccc4ccccc45)cc3)n2)cc1. The number of nitrogens with zero attached hydrogens (tertiary/aromatic N) is 5. The Balaban J connectivity index is 1.00. The minimum atomic E-state index is 0.622. The smallest absolute Gasteiger partial charge is 0.164 e. The molecule has 63 heavy (non-hydrogen) atoms. The van der Waals surface area contributed by atoms with E-state index in [4.69, 9.17) is 19.9 Å². The molecule has 12 rings (SSSR count). The van der Waals surface area contributed by atoms with Gasteiger partial charge in [0, 0.05) is 60.4 Å². The van der Waals surface area contributed by atoms with E-state index in [1.165, 1.54) is 49.1 Å². The van der Waals surface area contributed by atoms with Crippen LogP contribution in [0.5, 0.6) is 0 Å². The number of hydrogen-bond donors (Lipinski definition) is 0. The van der Waals surface area contributed by atoms with Crippen LogP contribution in [0.4, 0.5) is 0 Å². The molecule has 9 aromatic carbocycles. The summed E-state index contributed by atoms with van der Waals surface area (Å²) in [6, 6.07) is 71.1. The van der Waals surface area contributed by atoms with Crippen LogP contribution in [0.1, 0.15) is 11.1 Å². The Kier molecular flexibility index (Phi) is 8.54. The summed E-state index contributed by atoms with van der Waals surface area (Å²) >= 11 is 0. The first-order chi connectivity index (χ1) is 31.0. The predicted octanol–water partition coefficient (Wildman–Crippen LogP) is 14.8. The molecule has 296 valence electrons. The molecule has 0 radical (unpaired) electrons. The predicted molar refractivity (Wildman–Crippen MR) is 261 cm³/mol. The van der Waals surface area contributed by atoms with Crippen molar-refractivity contribution >= 4 is 54.3 Å². The van der Waals surface area contributed by atoms with Crippen molar-refractivity contribution in [2.45, 2.75) is 13.8 Å². The lowest BCUT2D eigenvalue weighted by Gasteiger charge is -2.16. The number of fused-ring (bicyclic) bond motifs is 8. The van der Waals surface area contributed by atoms with E-state index in [0.29, 0.717) is 17.5 Å². The first-order valence-electron chi connectivity index (χ1n) is 21.4. The Morgan fingerprint density at radius 3 is 1.40 bits per heavy atom. The summed E-state index contributed by atoms with van der Waals surface area (Å²) in [4.78, 5) is 20.6. The molecule has 0 saturated carbocycles. The zero-order valence-electron chi connectivity index (χ0n) is 34.8. The van der Waals surface area contributed by atoms with Crippen molar-refractivity contribution in [2.24, 2.45) is 0 Å².